The van der Waals surface area contributed by atoms with Gasteiger partial charge in [0.2, 0.25) is 0 Å². The molecule has 0 aliphatic heterocycles. The number of carbonyl (C=O) groups is 1. The summed E-state index contributed by atoms with van der Waals surface area (Å²) >= 11 is 0. The molecule has 152 valence electrons. The summed E-state index contributed by atoms with van der Waals surface area (Å²) < 4.78 is 11.0. The number of ether oxygens (including phenoxy) is 2. The fraction of sp³-hybridized carbons (Fsp3) is 0.292. The van der Waals surface area contributed by atoms with Crippen LogP contribution >= 0.6 is 0 Å². The second-order valence-electron chi connectivity index (χ2n) is 6.94. The van der Waals surface area contributed by atoms with Gasteiger partial charge in [0.05, 0.1) is 7.11 Å². The van der Waals surface area contributed by atoms with E-state index < -0.39 is 0 Å². The molecule has 1 unspecified atom stereocenters. The standard InChI is InChI=1S/C24H28N2O3/c1-4-25-24(27)16-29-22-12-9-18(13-23(22)28-3)15-26-17(2)20-11-10-19-7-5-6-8-21(19)14-20/h5-14,17,26H,4,15-16H2,1-3H3,(H,25,27). The van der Waals surface area contributed by atoms with Crippen molar-refractivity contribution in [2.45, 2.75) is 26.4 Å². The molecule has 0 aromatic heterocycles. The molecule has 0 aliphatic rings. The van der Waals surface area contributed by atoms with Crippen molar-refractivity contribution in [3.63, 3.8) is 0 Å². The van der Waals surface area contributed by atoms with E-state index >= 15 is 0 Å². The lowest BCUT2D eigenvalue weighted by atomic mass is 10.0. The summed E-state index contributed by atoms with van der Waals surface area (Å²) in [7, 11) is 1.60. The van der Waals surface area contributed by atoms with Gasteiger partial charge in [0.25, 0.3) is 5.91 Å². The van der Waals surface area contributed by atoms with E-state index in [-0.39, 0.29) is 18.6 Å². The molecular weight excluding hydrogens is 364 g/mol. The van der Waals surface area contributed by atoms with Crippen LogP contribution in [-0.4, -0.2) is 26.2 Å². The molecule has 3 rings (SSSR count). The van der Waals surface area contributed by atoms with Crippen molar-refractivity contribution in [2.75, 3.05) is 20.3 Å². The number of hydrogen-bond acceptors (Lipinski definition) is 4. The normalized spacial score (nSPS) is 11.8. The predicted molar refractivity (Wildman–Crippen MR) is 116 cm³/mol. The highest BCUT2D eigenvalue weighted by Gasteiger charge is 2.10. The zero-order valence-electron chi connectivity index (χ0n) is 17.2. The Bertz CT molecular complexity index is 971. The van der Waals surface area contributed by atoms with Gasteiger partial charge in [-0.15, -0.1) is 0 Å². The predicted octanol–water partition coefficient (Wildman–Crippen LogP) is 4.21. The van der Waals surface area contributed by atoms with Crippen molar-refractivity contribution in [3.8, 4) is 11.5 Å². The summed E-state index contributed by atoms with van der Waals surface area (Å²) in [6.45, 7) is 5.28. The van der Waals surface area contributed by atoms with Crippen molar-refractivity contribution in [3.05, 3.63) is 71.8 Å². The van der Waals surface area contributed by atoms with Crippen molar-refractivity contribution in [1.82, 2.24) is 10.6 Å². The fourth-order valence-electron chi connectivity index (χ4n) is 3.20. The van der Waals surface area contributed by atoms with Gasteiger partial charge >= 0.3 is 0 Å². The summed E-state index contributed by atoms with van der Waals surface area (Å²) in [5, 5.41) is 8.76. The number of methoxy groups -OCH3 is 1. The highest BCUT2D eigenvalue weighted by molar-refractivity contribution is 5.83. The van der Waals surface area contributed by atoms with E-state index in [4.69, 9.17) is 9.47 Å². The van der Waals surface area contributed by atoms with E-state index in [9.17, 15) is 4.79 Å². The molecule has 3 aromatic carbocycles. The molecule has 0 aliphatic carbocycles. The zero-order chi connectivity index (χ0) is 20.6. The zero-order valence-corrected chi connectivity index (χ0v) is 17.2. The molecule has 5 heteroatoms. The molecule has 0 spiro atoms. The fourth-order valence-corrected chi connectivity index (χ4v) is 3.20. The first-order valence-corrected chi connectivity index (χ1v) is 9.89. The van der Waals surface area contributed by atoms with Gasteiger partial charge in [0.15, 0.2) is 18.1 Å². The maximum atomic E-state index is 11.6. The van der Waals surface area contributed by atoms with Crippen LogP contribution in [-0.2, 0) is 11.3 Å². The summed E-state index contributed by atoms with van der Waals surface area (Å²) in [5.74, 6) is 1.03. The molecule has 3 aromatic rings. The van der Waals surface area contributed by atoms with Gasteiger partial charge in [-0.3, -0.25) is 4.79 Å². The molecule has 29 heavy (non-hydrogen) atoms. The first-order chi connectivity index (χ1) is 14.1. The number of hydrogen-bond donors (Lipinski definition) is 2. The average Bonchev–Trinajstić information content (AvgIpc) is 2.76. The second-order valence-corrected chi connectivity index (χ2v) is 6.94. The first kappa shape index (κ1) is 20.7. The Kier molecular flexibility index (Phi) is 7.09. The number of likely N-dealkylation sites (N-methyl/N-ethyl adjacent to an activating group) is 1. The van der Waals surface area contributed by atoms with Crippen molar-refractivity contribution >= 4 is 16.7 Å². The molecule has 0 bridgehead atoms. The third-order valence-corrected chi connectivity index (χ3v) is 4.85. The lowest BCUT2D eigenvalue weighted by Crippen LogP contribution is -2.28. The lowest BCUT2D eigenvalue weighted by Gasteiger charge is -2.16. The average molecular weight is 392 g/mol. The Morgan fingerprint density at radius 2 is 1.79 bits per heavy atom. The summed E-state index contributed by atoms with van der Waals surface area (Å²) in [6.07, 6.45) is 0. The van der Waals surface area contributed by atoms with Crippen LogP contribution < -0.4 is 20.1 Å². The van der Waals surface area contributed by atoms with E-state index in [2.05, 4.69) is 60.0 Å². The number of nitrogens with one attached hydrogen (secondary N) is 2. The van der Waals surface area contributed by atoms with Gasteiger partial charge in [-0.05, 0) is 53.9 Å². The molecule has 1 atom stereocenters. The van der Waals surface area contributed by atoms with Gasteiger partial charge < -0.3 is 20.1 Å². The van der Waals surface area contributed by atoms with Crippen molar-refractivity contribution in [1.29, 1.82) is 0 Å². The summed E-state index contributed by atoms with van der Waals surface area (Å²) in [6, 6.07) is 20.9. The van der Waals surface area contributed by atoms with Gasteiger partial charge in [0, 0.05) is 19.1 Å². The van der Waals surface area contributed by atoms with Gasteiger partial charge in [-0.1, -0.05) is 42.5 Å². The Balaban J connectivity index is 1.62. The Morgan fingerprint density at radius 1 is 1.00 bits per heavy atom. The maximum absolute atomic E-state index is 11.6. The van der Waals surface area contributed by atoms with Crippen LogP contribution in [0, 0.1) is 0 Å². The number of fused-ring (bicyclic) bond motifs is 1. The molecule has 5 nitrogen and oxygen atoms in total. The van der Waals surface area contributed by atoms with Gasteiger partial charge in [-0.25, -0.2) is 0 Å². The maximum Gasteiger partial charge on any atom is 0.257 e. The number of amides is 1. The van der Waals surface area contributed by atoms with Crippen LogP contribution in [0.4, 0.5) is 0 Å². The molecule has 0 radical (unpaired) electrons. The molecule has 0 heterocycles. The van der Waals surface area contributed by atoms with Crippen LogP contribution in [0.1, 0.15) is 31.0 Å². The Hall–Kier alpha value is -3.05. The van der Waals surface area contributed by atoms with Gasteiger partial charge in [0.1, 0.15) is 0 Å². The smallest absolute Gasteiger partial charge is 0.257 e. The van der Waals surface area contributed by atoms with Crippen molar-refractivity contribution < 1.29 is 14.3 Å². The monoisotopic (exact) mass is 392 g/mol. The third-order valence-electron chi connectivity index (χ3n) is 4.85. The Labute approximate surface area is 172 Å². The quantitative estimate of drug-likeness (QED) is 0.573. The van der Waals surface area contributed by atoms with E-state index in [0.29, 0.717) is 24.6 Å². The Morgan fingerprint density at radius 3 is 2.55 bits per heavy atom. The minimum atomic E-state index is -0.149. The van der Waals surface area contributed by atoms with Crippen molar-refractivity contribution in [2.24, 2.45) is 0 Å². The minimum Gasteiger partial charge on any atom is -0.493 e. The molecule has 0 saturated carbocycles. The SMILES string of the molecule is CCNC(=O)COc1ccc(CNC(C)c2ccc3ccccc3c2)cc1OC. The van der Waals surface area contributed by atoms with E-state index in [0.717, 1.165) is 5.56 Å². The van der Waals surface area contributed by atoms with Crippen LogP contribution in [0.2, 0.25) is 0 Å². The molecular formula is C24H28N2O3. The molecule has 1 amide bonds. The minimum absolute atomic E-state index is 0.0270. The number of rotatable bonds is 9. The third kappa shape index (κ3) is 5.48. The van der Waals surface area contributed by atoms with E-state index in [1.807, 2.05) is 25.1 Å². The molecule has 0 saturated heterocycles. The highest BCUT2D eigenvalue weighted by atomic mass is 16.5. The first-order valence-electron chi connectivity index (χ1n) is 9.89. The van der Waals surface area contributed by atoms with E-state index in [1.54, 1.807) is 7.11 Å². The highest BCUT2D eigenvalue weighted by Crippen LogP contribution is 2.28. The lowest BCUT2D eigenvalue weighted by molar-refractivity contribution is -0.123. The topological polar surface area (TPSA) is 59.6 Å². The molecule has 0 fully saturated rings. The van der Waals surface area contributed by atoms with Crippen LogP contribution in [0.15, 0.2) is 60.7 Å². The number of benzene rings is 3. The van der Waals surface area contributed by atoms with Crippen LogP contribution in [0.25, 0.3) is 10.8 Å². The van der Waals surface area contributed by atoms with Crippen LogP contribution in [0.5, 0.6) is 11.5 Å². The largest absolute Gasteiger partial charge is 0.493 e. The molecule has 2 N–H and O–H groups in total. The van der Waals surface area contributed by atoms with Gasteiger partial charge in [-0.2, -0.15) is 0 Å². The van der Waals surface area contributed by atoms with E-state index in [1.165, 1.54) is 16.3 Å². The number of carbonyl (C=O) groups excluding carboxylic acids is 1. The van der Waals surface area contributed by atoms with Crippen LogP contribution in [0.3, 0.4) is 0 Å². The summed E-state index contributed by atoms with van der Waals surface area (Å²) in [5.41, 5.74) is 2.33. The second kappa shape index (κ2) is 9.94. The summed E-state index contributed by atoms with van der Waals surface area (Å²) in [4.78, 5) is 11.6.